The number of alkyl halides is 2. The highest BCUT2D eigenvalue weighted by Crippen LogP contribution is 2.40. The Hall–Kier alpha value is -2.02. The molecular weight excluding hydrogens is 302 g/mol. The Balaban J connectivity index is 1.75. The maximum Gasteiger partial charge on any atom is 0.282 e. The summed E-state index contributed by atoms with van der Waals surface area (Å²) < 4.78 is 27.8. The average Bonchev–Trinajstić information content (AvgIpc) is 3.21. The molecule has 0 aliphatic carbocycles. The van der Waals surface area contributed by atoms with Gasteiger partial charge in [-0.3, -0.25) is 9.48 Å². The van der Waals surface area contributed by atoms with Crippen LogP contribution in [-0.2, 0) is 11.8 Å². The summed E-state index contributed by atoms with van der Waals surface area (Å²) in [6.45, 7) is 2.20. The molecule has 0 saturated carbocycles. The molecule has 122 valence electrons. The molecule has 1 spiro atoms. The molecule has 23 heavy (non-hydrogen) atoms. The molecule has 1 aromatic heterocycles. The average molecular weight is 320 g/mol. The van der Waals surface area contributed by atoms with Gasteiger partial charge in [0.05, 0.1) is 10.9 Å². The number of carbonyl (C=O) groups excluding carboxylic acids is 1. The smallest absolute Gasteiger partial charge is 0.282 e. The van der Waals surface area contributed by atoms with Crippen molar-refractivity contribution in [2.24, 2.45) is 12.5 Å². The molecule has 1 aromatic carbocycles. The number of hydrogen-bond donors (Lipinski definition) is 1. The second-order valence-corrected chi connectivity index (χ2v) is 6.42. The highest BCUT2D eigenvalue weighted by Gasteiger charge is 2.48. The fourth-order valence-electron chi connectivity index (χ4n) is 3.82. The van der Waals surface area contributed by atoms with E-state index in [0.29, 0.717) is 29.7 Å². The van der Waals surface area contributed by atoms with Crippen molar-refractivity contribution in [1.82, 2.24) is 15.1 Å². The second kappa shape index (κ2) is 4.99. The van der Waals surface area contributed by atoms with Crippen molar-refractivity contribution >= 4 is 22.5 Å². The lowest BCUT2D eigenvalue weighted by Crippen LogP contribution is -2.36. The number of nitrogens with zero attached hydrogens (tertiary/aromatic N) is 3. The van der Waals surface area contributed by atoms with Crippen LogP contribution in [0.3, 0.4) is 0 Å². The molecule has 3 heterocycles. The van der Waals surface area contributed by atoms with Crippen LogP contribution in [-0.4, -0.2) is 35.3 Å². The van der Waals surface area contributed by atoms with E-state index >= 15 is 0 Å². The minimum absolute atomic E-state index is 0.101. The van der Waals surface area contributed by atoms with Crippen molar-refractivity contribution in [3.63, 3.8) is 0 Å². The first kappa shape index (κ1) is 14.6. The van der Waals surface area contributed by atoms with Gasteiger partial charge in [0.2, 0.25) is 5.91 Å². The molecule has 0 bridgehead atoms. The third-order valence-corrected chi connectivity index (χ3v) is 5.14. The second-order valence-electron chi connectivity index (χ2n) is 6.42. The van der Waals surface area contributed by atoms with Gasteiger partial charge in [-0.25, -0.2) is 8.78 Å². The van der Waals surface area contributed by atoms with E-state index in [4.69, 9.17) is 0 Å². The van der Waals surface area contributed by atoms with E-state index < -0.39 is 6.43 Å². The third kappa shape index (κ3) is 2.06. The monoisotopic (exact) mass is 320 g/mol. The van der Waals surface area contributed by atoms with Crippen molar-refractivity contribution < 1.29 is 13.6 Å². The minimum Gasteiger partial charge on any atom is -0.316 e. The number of anilines is 1. The van der Waals surface area contributed by atoms with Crippen molar-refractivity contribution in [2.75, 3.05) is 24.5 Å². The molecular formula is C16H18F2N4O. The van der Waals surface area contributed by atoms with Crippen LogP contribution in [0.2, 0.25) is 0 Å². The van der Waals surface area contributed by atoms with Crippen molar-refractivity contribution in [3.05, 3.63) is 23.9 Å². The maximum absolute atomic E-state index is 13.2. The number of aromatic nitrogens is 2. The number of hydrogen-bond acceptors (Lipinski definition) is 3. The zero-order valence-electron chi connectivity index (χ0n) is 12.9. The lowest BCUT2D eigenvalue weighted by Gasteiger charge is -2.22. The summed E-state index contributed by atoms with van der Waals surface area (Å²) in [7, 11) is 1.65. The summed E-state index contributed by atoms with van der Waals surface area (Å²) in [4.78, 5) is 14.5. The van der Waals surface area contributed by atoms with E-state index in [-0.39, 0.29) is 17.0 Å². The largest absolute Gasteiger partial charge is 0.316 e. The molecule has 5 nitrogen and oxygen atoms in total. The molecule has 0 unspecified atom stereocenters. The van der Waals surface area contributed by atoms with Gasteiger partial charge in [-0.1, -0.05) is 0 Å². The van der Waals surface area contributed by atoms with E-state index in [2.05, 4.69) is 10.4 Å². The van der Waals surface area contributed by atoms with Crippen molar-refractivity contribution in [3.8, 4) is 0 Å². The van der Waals surface area contributed by atoms with Gasteiger partial charge >= 0.3 is 0 Å². The minimum atomic E-state index is -2.63. The third-order valence-electron chi connectivity index (χ3n) is 5.14. The van der Waals surface area contributed by atoms with Gasteiger partial charge in [-0.2, -0.15) is 5.10 Å². The Morgan fingerprint density at radius 2 is 2.17 bits per heavy atom. The van der Waals surface area contributed by atoms with Gasteiger partial charge in [0.1, 0.15) is 5.69 Å². The van der Waals surface area contributed by atoms with Crippen LogP contribution < -0.4 is 10.2 Å². The van der Waals surface area contributed by atoms with Gasteiger partial charge in [-0.15, -0.1) is 0 Å². The summed E-state index contributed by atoms with van der Waals surface area (Å²) in [6.07, 6.45) is -0.973. The topological polar surface area (TPSA) is 50.2 Å². The van der Waals surface area contributed by atoms with Crippen molar-refractivity contribution in [2.45, 2.75) is 19.3 Å². The first-order valence-electron chi connectivity index (χ1n) is 7.79. The highest BCUT2D eigenvalue weighted by atomic mass is 19.3. The fourth-order valence-corrected chi connectivity index (χ4v) is 3.82. The van der Waals surface area contributed by atoms with Gasteiger partial charge in [0.25, 0.3) is 6.43 Å². The molecule has 2 aromatic rings. The van der Waals surface area contributed by atoms with Crippen LogP contribution in [0.5, 0.6) is 0 Å². The first-order chi connectivity index (χ1) is 11.0. The highest BCUT2D eigenvalue weighted by molar-refractivity contribution is 6.02. The summed E-state index contributed by atoms with van der Waals surface area (Å²) in [5.74, 6) is 0.101. The summed E-state index contributed by atoms with van der Waals surface area (Å²) in [6, 6.07) is 5.25. The Morgan fingerprint density at radius 1 is 1.35 bits per heavy atom. The van der Waals surface area contributed by atoms with Crippen molar-refractivity contribution in [1.29, 1.82) is 0 Å². The predicted octanol–water partition coefficient (Wildman–Crippen LogP) is 2.23. The number of rotatable bonds is 2. The molecule has 1 N–H and O–H groups in total. The number of carbonyl (C=O) groups is 1. The number of aryl methyl sites for hydroxylation is 1. The number of nitrogens with one attached hydrogen (secondary N) is 1. The Morgan fingerprint density at radius 3 is 2.87 bits per heavy atom. The molecule has 1 atom stereocenters. The standard InChI is InChI=1S/C16H18F2N4O/c1-21-12-3-2-10(8-11(12)13(20-21)14(17)18)22-7-5-16(15(22)23)4-6-19-9-16/h2-3,8,14,19H,4-7,9H2,1H3/t16-/m0/s1. The first-order valence-corrected chi connectivity index (χ1v) is 7.79. The maximum atomic E-state index is 13.2. The van der Waals surface area contributed by atoms with E-state index in [1.165, 1.54) is 4.68 Å². The quantitative estimate of drug-likeness (QED) is 0.923. The van der Waals surface area contributed by atoms with Crippen LogP contribution in [0.1, 0.15) is 25.0 Å². The van der Waals surface area contributed by atoms with E-state index in [1.54, 1.807) is 24.1 Å². The number of benzene rings is 1. The molecule has 1 amide bonds. The van der Waals surface area contributed by atoms with Gasteiger partial charge < -0.3 is 10.2 Å². The van der Waals surface area contributed by atoms with Crippen LogP contribution in [0, 0.1) is 5.41 Å². The summed E-state index contributed by atoms with van der Waals surface area (Å²) >= 11 is 0. The zero-order chi connectivity index (χ0) is 16.2. The zero-order valence-corrected chi connectivity index (χ0v) is 12.9. The van der Waals surface area contributed by atoms with E-state index in [0.717, 1.165) is 19.4 Å². The Labute approximate surface area is 132 Å². The molecule has 2 aliphatic rings. The molecule has 4 rings (SSSR count). The van der Waals surface area contributed by atoms with Crippen LogP contribution in [0.15, 0.2) is 18.2 Å². The predicted molar refractivity (Wildman–Crippen MR) is 82.6 cm³/mol. The normalized spacial score (nSPS) is 24.7. The molecule has 2 saturated heterocycles. The SMILES string of the molecule is Cn1nc(C(F)F)c2cc(N3CC[C@]4(CCNC4)C3=O)ccc21. The number of fused-ring (bicyclic) bond motifs is 1. The lowest BCUT2D eigenvalue weighted by atomic mass is 9.86. The van der Waals surface area contributed by atoms with E-state index in [9.17, 15) is 13.6 Å². The van der Waals surface area contributed by atoms with Gasteiger partial charge in [0.15, 0.2) is 0 Å². The molecule has 0 radical (unpaired) electrons. The van der Waals surface area contributed by atoms with E-state index in [1.807, 2.05) is 6.07 Å². The van der Waals surface area contributed by atoms with Crippen LogP contribution in [0.4, 0.5) is 14.5 Å². The van der Waals surface area contributed by atoms with Crippen LogP contribution in [0.25, 0.3) is 10.9 Å². The molecule has 2 fully saturated rings. The number of amides is 1. The molecule has 7 heteroatoms. The Kier molecular flexibility index (Phi) is 3.16. The lowest BCUT2D eigenvalue weighted by molar-refractivity contribution is -0.124. The Bertz CT molecular complexity index is 780. The summed E-state index contributed by atoms with van der Waals surface area (Å²) in [5.41, 5.74) is 0.789. The molecule has 2 aliphatic heterocycles. The van der Waals surface area contributed by atoms with Gasteiger partial charge in [-0.05, 0) is 37.6 Å². The summed E-state index contributed by atoms with van der Waals surface area (Å²) in [5, 5.41) is 7.57. The van der Waals surface area contributed by atoms with Crippen LogP contribution >= 0.6 is 0 Å². The van der Waals surface area contributed by atoms with Gasteiger partial charge in [0, 0.05) is 31.2 Å². The number of halogens is 2. The fraction of sp³-hybridized carbons (Fsp3) is 0.500.